The summed E-state index contributed by atoms with van der Waals surface area (Å²) in [5.41, 5.74) is 0.939. The number of piperazine rings is 1. The monoisotopic (exact) mass is 334 g/mol. The molecule has 0 radical (unpaired) electrons. The smallest absolute Gasteiger partial charge is 0.272 e. The van der Waals surface area contributed by atoms with E-state index in [0.717, 1.165) is 0 Å². The summed E-state index contributed by atoms with van der Waals surface area (Å²) in [7, 11) is 0. The van der Waals surface area contributed by atoms with Crippen LogP contribution in [0.15, 0.2) is 18.2 Å². The maximum absolute atomic E-state index is 12.5. The molecule has 0 bridgehead atoms. The second kappa shape index (κ2) is 7.87. The molecular formula is C16H22N4O4. The van der Waals surface area contributed by atoms with Gasteiger partial charge in [0.1, 0.15) is 0 Å². The van der Waals surface area contributed by atoms with E-state index in [2.05, 4.69) is 5.32 Å². The molecule has 8 nitrogen and oxygen atoms in total. The number of nitro benzene ring substituents is 1. The Bertz CT molecular complexity index is 639. The van der Waals surface area contributed by atoms with E-state index >= 15 is 0 Å². The summed E-state index contributed by atoms with van der Waals surface area (Å²) in [6.07, 6.45) is 0. The van der Waals surface area contributed by atoms with E-state index in [1.807, 2.05) is 11.8 Å². The summed E-state index contributed by atoms with van der Waals surface area (Å²) in [5.74, 6) is -0.145. The van der Waals surface area contributed by atoms with Crippen molar-refractivity contribution in [3.8, 4) is 0 Å². The molecule has 24 heavy (non-hydrogen) atoms. The van der Waals surface area contributed by atoms with Gasteiger partial charge in [0.05, 0.1) is 11.5 Å². The van der Waals surface area contributed by atoms with Crippen molar-refractivity contribution in [1.82, 2.24) is 15.1 Å². The predicted octanol–water partition coefficient (Wildman–Crippen LogP) is 0.797. The number of nitrogens with zero attached hydrogens (tertiary/aromatic N) is 3. The molecule has 1 heterocycles. The van der Waals surface area contributed by atoms with Gasteiger partial charge in [-0.2, -0.15) is 0 Å². The highest BCUT2D eigenvalue weighted by molar-refractivity contribution is 5.94. The molecular weight excluding hydrogens is 312 g/mol. The van der Waals surface area contributed by atoms with E-state index in [9.17, 15) is 19.7 Å². The maximum Gasteiger partial charge on any atom is 0.272 e. The Labute approximate surface area is 140 Å². The lowest BCUT2D eigenvalue weighted by Crippen LogP contribution is -2.51. The highest BCUT2D eigenvalue weighted by atomic mass is 16.6. The minimum absolute atomic E-state index is 0.0109. The van der Waals surface area contributed by atoms with Crippen molar-refractivity contribution in [3.05, 3.63) is 39.4 Å². The van der Waals surface area contributed by atoms with Crippen molar-refractivity contribution < 1.29 is 14.5 Å². The third kappa shape index (κ3) is 4.29. The SMILES string of the molecule is CCNC(=O)CN1CCN(C(=O)c2ccc([N+](=O)[O-])c(C)c2)CC1. The Kier molecular flexibility index (Phi) is 5.86. The number of benzene rings is 1. The first-order chi connectivity index (χ1) is 11.4. The molecule has 1 fully saturated rings. The lowest BCUT2D eigenvalue weighted by Gasteiger charge is -2.34. The van der Waals surface area contributed by atoms with Crippen LogP contribution in [0.5, 0.6) is 0 Å². The number of nitro groups is 1. The highest BCUT2D eigenvalue weighted by Gasteiger charge is 2.24. The van der Waals surface area contributed by atoms with E-state index in [-0.39, 0.29) is 17.5 Å². The van der Waals surface area contributed by atoms with Crippen molar-refractivity contribution >= 4 is 17.5 Å². The molecule has 1 aromatic carbocycles. The molecule has 1 aliphatic rings. The van der Waals surface area contributed by atoms with Crippen LogP contribution in [-0.2, 0) is 4.79 Å². The van der Waals surface area contributed by atoms with Crippen LogP contribution in [0, 0.1) is 17.0 Å². The van der Waals surface area contributed by atoms with Crippen LogP contribution < -0.4 is 5.32 Å². The second-order valence-corrected chi connectivity index (χ2v) is 5.78. The van der Waals surface area contributed by atoms with Gasteiger partial charge in [-0.1, -0.05) is 0 Å². The summed E-state index contributed by atoms with van der Waals surface area (Å²) >= 11 is 0. The molecule has 0 spiro atoms. The molecule has 1 N–H and O–H groups in total. The molecule has 0 atom stereocenters. The Morgan fingerprint density at radius 3 is 2.46 bits per heavy atom. The number of aryl methyl sites for hydroxylation is 1. The third-order valence-corrected chi connectivity index (χ3v) is 4.04. The molecule has 0 unspecified atom stereocenters. The van der Waals surface area contributed by atoms with Crippen molar-refractivity contribution in [2.75, 3.05) is 39.3 Å². The lowest BCUT2D eigenvalue weighted by atomic mass is 10.1. The van der Waals surface area contributed by atoms with Crippen LogP contribution in [0.4, 0.5) is 5.69 Å². The second-order valence-electron chi connectivity index (χ2n) is 5.78. The summed E-state index contributed by atoms with van der Waals surface area (Å²) in [4.78, 5) is 38.2. The molecule has 1 saturated heterocycles. The highest BCUT2D eigenvalue weighted by Crippen LogP contribution is 2.20. The predicted molar refractivity (Wildman–Crippen MR) is 88.9 cm³/mol. The fraction of sp³-hybridized carbons (Fsp3) is 0.500. The zero-order valence-electron chi connectivity index (χ0n) is 13.9. The van der Waals surface area contributed by atoms with Crippen LogP contribution in [0.2, 0.25) is 0 Å². The molecule has 0 aliphatic carbocycles. The Morgan fingerprint density at radius 2 is 1.92 bits per heavy atom. The first kappa shape index (κ1) is 17.9. The van der Waals surface area contributed by atoms with Gasteiger partial charge < -0.3 is 10.2 Å². The Hall–Kier alpha value is -2.48. The molecule has 0 aromatic heterocycles. The van der Waals surface area contributed by atoms with Crippen molar-refractivity contribution in [1.29, 1.82) is 0 Å². The molecule has 0 saturated carbocycles. The summed E-state index contributed by atoms with van der Waals surface area (Å²) in [6.45, 7) is 6.79. The van der Waals surface area contributed by atoms with Crippen LogP contribution in [-0.4, -0.2) is 65.8 Å². The zero-order chi connectivity index (χ0) is 17.7. The van der Waals surface area contributed by atoms with Crippen LogP contribution >= 0.6 is 0 Å². The van der Waals surface area contributed by atoms with Crippen molar-refractivity contribution in [2.24, 2.45) is 0 Å². The third-order valence-electron chi connectivity index (χ3n) is 4.04. The van der Waals surface area contributed by atoms with Crippen LogP contribution in [0.25, 0.3) is 0 Å². The van der Waals surface area contributed by atoms with Crippen LogP contribution in [0.1, 0.15) is 22.8 Å². The molecule has 8 heteroatoms. The van der Waals surface area contributed by atoms with Gasteiger partial charge in [-0.3, -0.25) is 24.6 Å². The van der Waals surface area contributed by atoms with Gasteiger partial charge in [-0.15, -0.1) is 0 Å². The minimum atomic E-state index is -0.455. The summed E-state index contributed by atoms with van der Waals surface area (Å²) in [5, 5.41) is 13.6. The van der Waals surface area contributed by atoms with E-state index in [0.29, 0.717) is 50.4 Å². The van der Waals surface area contributed by atoms with Crippen LogP contribution in [0.3, 0.4) is 0 Å². The topological polar surface area (TPSA) is 95.8 Å². The van der Waals surface area contributed by atoms with Gasteiger partial charge in [0, 0.05) is 49.9 Å². The van der Waals surface area contributed by atoms with Gasteiger partial charge in [-0.05, 0) is 26.0 Å². The van der Waals surface area contributed by atoms with E-state index in [1.165, 1.54) is 12.1 Å². The van der Waals surface area contributed by atoms with Gasteiger partial charge in [0.15, 0.2) is 0 Å². The maximum atomic E-state index is 12.5. The standard InChI is InChI=1S/C16H22N4O4/c1-3-17-15(21)11-18-6-8-19(9-7-18)16(22)13-4-5-14(20(23)24)12(2)10-13/h4-5,10H,3,6-9,11H2,1-2H3,(H,17,21). The lowest BCUT2D eigenvalue weighted by molar-refractivity contribution is -0.385. The van der Waals surface area contributed by atoms with Gasteiger partial charge in [-0.25, -0.2) is 0 Å². The van der Waals surface area contributed by atoms with E-state index in [4.69, 9.17) is 0 Å². The minimum Gasteiger partial charge on any atom is -0.355 e. The number of nitrogens with one attached hydrogen (secondary N) is 1. The van der Waals surface area contributed by atoms with E-state index in [1.54, 1.807) is 17.9 Å². The molecule has 130 valence electrons. The molecule has 1 aliphatic heterocycles. The summed E-state index contributed by atoms with van der Waals surface area (Å²) in [6, 6.07) is 4.42. The number of hydrogen-bond donors (Lipinski definition) is 1. The average molecular weight is 334 g/mol. The average Bonchev–Trinajstić information content (AvgIpc) is 2.54. The molecule has 1 aromatic rings. The Morgan fingerprint density at radius 1 is 1.25 bits per heavy atom. The van der Waals surface area contributed by atoms with Crippen molar-refractivity contribution in [3.63, 3.8) is 0 Å². The number of amides is 2. The van der Waals surface area contributed by atoms with Gasteiger partial charge >= 0.3 is 0 Å². The van der Waals surface area contributed by atoms with Crippen molar-refractivity contribution in [2.45, 2.75) is 13.8 Å². The van der Waals surface area contributed by atoms with Gasteiger partial charge in [0.25, 0.3) is 11.6 Å². The fourth-order valence-electron chi connectivity index (χ4n) is 2.74. The normalized spacial score (nSPS) is 15.2. The van der Waals surface area contributed by atoms with E-state index < -0.39 is 4.92 Å². The summed E-state index contributed by atoms with van der Waals surface area (Å²) < 4.78 is 0. The first-order valence-corrected chi connectivity index (χ1v) is 7.95. The number of rotatable bonds is 5. The number of carbonyl (C=O) groups is 2. The fourth-order valence-corrected chi connectivity index (χ4v) is 2.74. The number of hydrogen-bond acceptors (Lipinski definition) is 5. The molecule has 2 amide bonds. The molecule has 2 rings (SSSR count). The largest absolute Gasteiger partial charge is 0.355 e. The first-order valence-electron chi connectivity index (χ1n) is 7.95. The Balaban J connectivity index is 1.94. The van der Waals surface area contributed by atoms with Gasteiger partial charge in [0.2, 0.25) is 5.91 Å². The number of carbonyl (C=O) groups excluding carboxylic acids is 2. The number of likely N-dealkylation sites (N-methyl/N-ethyl adjacent to an activating group) is 1. The quantitative estimate of drug-likeness (QED) is 0.635. The zero-order valence-corrected chi connectivity index (χ0v) is 13.9.